The van der Waals surface area contributed by atoms with Gasteiger partial charge < -0.3 is 5.32 Å². The van der Waals surface area contributed by atoms with E-state index < -0.39 is 6.80 Å². The Labute approximate surface area is 45.9 Å². The molecule has 1 aromatic rings. The van der Waals surface area contributed by atoms with Crippen molar-refractivity contribution in [2.45, 2.75) is 0 Å². The van der Waals surface area contributed by atoms with Crippen LogP contribution in [0.25, 0.3) is 0 Å². The molecule has 3 nitrogen and oxygen atoms in total. The molecule has 0 amide bonds. The molecule has 0 unspecified atom stereocenters. The predicted molar refractivity (Wildman–Crippen MR) is 28.2 cm³/mol. The third-order valence-corrected chi connectivity index (χ3v) is 0.758. The summed E-state index contributed by atoms with van der Waals surface area (Å²) in [4.78, 5) is 0. The van der Waals surface area contributed by atoms with E-state index in [9.17, 15) is 4.39 Å². The second-order valence-electron chi connectivity index (χ2n) is 1.28. The molecular weight excluding hydrogens is 109 g/mol. The van der Waals surface area contributed by atoms with Crippen molar-refractivity contribution in [3.05, 3.63) is 12.3 Å². The third-order valence-electron chi connectivity index (χ3n) is 0.758. The van der Waals surface area contributed by atoms with E-state index in [2.05, 4.69) is 15.5 Å². The molecule has 0 aliphatic carbocycles. The first kappa shape index (κ1) is 5.08. The van der Waals surface area contributed by atoms with Crippen LogP contribution in [0.2, 0.25) is 0 Å². The second-order valence-corrected chi connectivity index (χ2v) is 1.28. The Bertz CT molecular complexity index is 137. The van der Waals surface area contributed by atoms with E-state index in [0.29, 0.717) is 5.82 Å². The molecule has 0 saturated heterocycles. The van der Waals surface area contributed by atoms with Gasteiger partial charge in [-0.15, -0.1) is 0 Å². The highest BCUT2D eigenvalue weighted by Gasteiger charge is 1.85. The molecule has 1 rings (SSSR count). The van der Waals surface area contributed by atoms with E-state index in [1.807, 2.05) is 0 Å². The zero-order valence-corrected chi connectivity index (χ0v) is 4.19. The van der Waals surface area contributed by atoms with Gasteiger partial charge in [0.1, 0.15) is 5.82 Å². The molecule has 0 spiro atoms. The number of H-pyrrole nitrogens is 1. The van der Waals surface area contributed by atoms with E-state index in [0.717, 1.165) is 0 Å². The van der Waals surface area contributed by atoms with Crippen LogP contribution in [0, 0.1) is 0 Å². The fraction of sp³-hybridized carbons (Fsp3) is 0.250. The predicted octanol–water partition coefficient (Wildman–Crippen LogP) is 0.749. The van der Waals surface area contributed by atoms with Gasteiger partial charge >= 0.3 is 0 Å². The van der Waals surface area contributed by atoms with Crippen LogP contribution in [0.15, 0.2) is 12.3 Å². The van der Waals surface area contributed by atoms with Crippen LogP contribution in [0.1, 0.15) is 0 Å². The molecule has 0 saturated carbocycles. The van der Waals surface area contributed by atoms with Crippen molar-refractivity contribution >= 4 is 5.82 Å². The maximum atomic E-state index is 11.4. The number of hydrogen-bond acceptors (Lipinski definition) is 2. The summed E-state index contributed by atoms with van der Waals surface area (Å²) in [6.45, 7) is -0.567. The van der Waals surface area contributed by atoms with E-state index in [4.69, 9.17) is 0 Å². The van der Waals surface area contributed by atoms with Gasteiger partial charge in [-0.25, -0.2) is 4.39 Å². The molecule has 0 aliphatic heterocycles. The van der Waals surface area contributed by atoms with Crippen LogP contribution in [0.3, 0.4) is 0 Å². The van der Waals surface area contributed by atoms with Crippen molar-refractivity contribution in [3.8, 4) is 0 Å². The van der Waals surface area contributed by atoms with Crippen LogP contribution in [-0.4, -0.2) is 17.0 Å². The third kappa shape index (κ3) is 0.959. The minimum Gasteiger partial charge on any atom is -0.344 e. The summed E-state index contributed by atoms with van der Waals surface area (Å²) < 4.78 is 11.4. The molecule has 4 heteroatoms. The Balaban J connectivity index is 2.50. The Morgan fingerprint density at radius 3 is 3.25 bits per heavy atom. The average molecular weight is 115 g/mol. The zero-order valence-electron chi connectivity index (χ0n) is 4.19. The standard InChI is InChI=1S/C4H6FN3/c5-3-6-4-1-2-7-8-4/h1-2H,3H2,(H2,6,7,8). The molecule has 8 heavy (non-hydrogen) atoms. The molecular formula is C4H6FN3. The molecule has 1 aromatic heterocycles. The molecule has 0 fully saturated rings. The van der Waals surface area contributed by atoms with Crippen molar-refractivity contribution in [1.82, 2.24) is 10.2 Å². The van der Waals surface area contributed by atoms with Crippen molar-refractivity contribution in [1.29, 1.82) is 0 Å². The Kier molecular flexibility index (Phi) is 1.46. The van der Waals surface area contributed by atoms with E-state index >= 15 is 0 Å². The maximum Gasteiger partial charge on any atom is 0.160 e. The maximum absolute atomic E-state index is 11.4. The first-order valence-corrected chi connectivity index (χ1v) is 2.22. The van der Waals surface area contributed by atoms with E-state index in [1.54, 1.807) is 12.3 Å². The second kappa shape index (κ2) is 2.30. The molecule has 0 atom stereocenters. The molecule has 0 aromatic carbocycles. The van der Waals surface area contributed by atoms with Crippen molar-refractivity contribution in [2.75, 3.05) is 12.1 Å². The number of aromatic nitrogens is 2. The molecule has 0 radical (unpaired) electrons. The van der Waals surface area contributed by atoms with Crippen molar-refractivity contribution in [3.63, 3.8) is 0 Å². The van der Waals surface area contributed by atoms with Gasteiger partial charge in [0.05, 0.1) is 6.20 Å². The number of rotatable bonds is 2. The lowest BCUT2D eigenvalue weighted by molar-refractivity contribution is 0.535. The van der Waals surface area contributed by atoms with E-state index in [1.165, 1.54) is 0 Å². The summed E-state index contributed by atoms with van der Waals surface area (Å²) >= 11 is 0. The Morgan fingerprint density at radius 1 is 1.88 bits per heavy atom. The number of anilines is 1. The van der Waals surface area contributed by atoms with Gasteiger partial charge in [0.25, 0.3) is 0 Å². The zero-order chi connectivity index (χ0) is 5.82. The van der Waals surface area contributed by atoms with Crippen LogP contribution in [-0.2, 0) is 0 Å². The lowest BCUT2D eigenvalue weighted by Gasteiger charge is -1.90. The number of hydrogen-bond donors (Lipinski definition) is 2. The van der Waals surface area contributed by atoms with Gasteiger partial charge in [-0.05, 0) is 0 Å². The van der Waals surface area contributed by atoms with Gasteiger partial charge in [-0.3, -0.25) is 5.10 Å². The van der Waals surface area contributed by atoms with Gasteiger partial charge in [0.15, 0.2) is 6.80 Å². The summed E-state index contributed by atoms with van der Waals surface area (Å²) in [5.41, 5.74) is 0. The summed E-state index contributed by atoms with van der Waals surface area (Å²) in [7, 11) is 0. The fourth-order valence-corrected chi connectivity index (χ4v) is 0.426. The summed E-state index contributed by atoms with van der Waals surface area (Å²) in [6, 6.07) is 1.65. The van der Waals surface area contributed by atoms with Crippen molar-refractivity contribution in [2.24, 2.45) is 0 Å². The normalized spacial score (nSPS) is 9.12. The van der Waals surface area contributed by atoms with E-state index in [-0.39, 0.29) is 0 Å². The Morgan fingerprint density at radius 2 is 2.75 bits per heavy atom. The number of nitrogens with one attached hydrogen (secondary N) is 2. The number of aromatic amines is 1. The highest BCUT2D eigenvalue weighted by molar-refractivity contribution is 5.30. The molecule has 0 bridgehead atoms. The van der Waals surface area contributed by atoms with Gasteiger partial charge in [-0.1, -0.05) is 0 Å². The SMILES string of the molecule is FCNc1ccn[nH]1. The molecule has 0 aliphatic rings. The van der Waals surface area contributed by atoms with Crippen molar-refractivity contribution < 1.29 is 4.39 Å². The van der Waals surface area contributed by atoms with Gasteiger partial charge in [0.2, 0.25) is 0 Å². The molecule has 1 heterocycles. The number of halogens is 1. The smallest absolute Gasteiger partial charge is 0.160 e. The highest BCUT2D eigenvalue weighted by Crippen LogP contribution is 1.95. The van der Waals surface area contributed by atoms with Gasteiger partial charge in [0, 0.05) is 6.07 Å². The number of alkyl halides is 1. The topological polar surface area (TPSA) is 40.7 Å². The summed E-state index contributed by atoms with van der Waals surface area (Å²) in [5.74, 6) is 0.604. The van der Waals surface area contributed by atoms with Gasteiger partial charge in [-0.2, -0.15) is 5.10 Å². The van der Waals surface area contributed by atoms with Crippen LogP contribution >= 0.6 is 0 Å². The lowest BCUT2D eigenvalue weighted by Crippen LogP contribution is -1.94. The van der Waals surface area contributed by atoms with Crippen LogP contribution in [0.4, 0.5) is 10.2 Å². The minimum atomic E-state index is -0.567. The minimum absolute atomic E-state index is 0.567. The Hall–Kier alpha value is -1.06. The van der Waals surface area contributed by atoms with Crippen LogP contribution < -0.4 is 5.32 Å². The molecule has 2 N–H and O–H groups in total. The monoisotopic (exact) mass is 115 g/mol. The lowest BCUT2D eigenvalue weighted by atomic mass is 10.6. The summed E-state index contributed by atoms with van der Waals surface area (Å²) in [6.07, 6.45) is 1.55. The quantitative estimate of drug-likeness (QED) is 0.558. The van der Waals surface area contributed by atoms with Crippen LogP contribution in [0.5, 0.6) is 0 Å². The average Bonchev–Trinajstić information content (AvgIpc) is 2.19. The number of nitrogens with zero attached hydrogens (tertiary/aromatic N) is 1. The largest absolute Gasteiger partial charge is 0.344 e. The first-order chi connectivity index (χ1) is 3.93. The highest BCUT2D eigenvalue weighted by atomic mass is 19.1. The first-order valence-electron chi connectivity index (χ1n) is 2.22. The summed E-state index contributed by atoms with van der Waals surface area (Å²) in [5, 5.41) is 8.53. The molecule has 44 valence electrons. The fourth-order valence-electron chi connectivity index (χ4n) is 0.426.